The van der Waals surface area contributed by atoms with E-state index in [1.54, 1.807) is 48.8 Å². The predicted octanol–water partition coefficient (Wildman–Crippen LogP) is 3.39. The van der Waals surface area contributed by atoms with Crippen LogP contribution < -0.4 is 5.32 Å². The van der Waals surface area contributed by atoms with E-state index in [1.807, 2.05) is 0 Å². The summed E-state index contributed by atoms with van der Waals surface area (Å²) < 4.78 is 6.04. The van der Waals surface area contributed by atoms with Gasteiger partial charge in [0.15, 0.2) is 12.4 Å². The Hall–Kier alpha value is -3.06. The number of benzene rings is 2. The van der Waals surface area contributed by atoms with Gasteiger partial charge in [0.25, 0.3) is 0 Å². The van der Waals surface area contributed by atoms with Crippen molar-refractivity contribution >= 4 is 44.9 Å². The SMILES string of the molecule is C[C@H]1C(=O)Nc2ccc(C(=O)COC(=O)c3ccc4ncsc4c3)cc21. The van der Waals surface area contributed by atoms with Gasteiger partial charge in [-0.3, -0.25) is 9.59 Å². The van der Waals surface area contributed by atoms with Gasteiger partial charge in [-0.15, -0.1) is 11.3 Å². The fourth-order valence-electron chi connectivity index (χ4n) is 2.87. The van der Waals surface area contributed by atoms with Gasteiger partial charge in [0.1, 0.15) is 0 Å². The Bertz CT molecular complexity index is 1060. The highest BCUT2D eigenvalue weighted by Crippen LogP contribution is 2.32. The van der Waals surface area contributed by atoms with Crippen LogP contribution in [0.15, 0.2) is 41.9 Å². The molecule has 1 amide bonds. The van der Waals surface area contributed by atoms with Crippen LogP contribution in [0.1, 0.15) is 39.1 Å². The predicted molar refractivity (Wildman–Crippen MR) is 97.7 cm³/mol. The molecule has 1 N–H and O–H groups in total. The molecule has 0 radical (unpaired) electrons. The molecule has 2 heterocycles. The van der Waals surface area contributed by atoms with Gasteiger partial charge in [-0.1, -0.05) is 0 Å². The van der Waals surface area contributed by atoms with E-state index in [-0.39, 0.29) is 24.2 Å². The van der Waals surface area contributed by atoms with Gasteiger partial charge in [-0.2, -0.15) is 0 Å². The van der Waals surface area contributed by atoms with E-state index in [1.165, 1.54) is 11.3 Å². The van der Waals surface area contributed by atoms with Crippen LogP contribution >= 0.6 is 11.3 Å². The maximum Gasteiger partial charge on any atom is 0.338 e. The van der Waals surface area contributed by atoms with Gasteiger partial charge < -0.3 is 10.1 Å². The average Bonchev–Trinajstić information content (AvgIpc) is 3.23. The molecule has 0 saturated heterocycles. The summed E-state index contributed by atoms with van der Waals surface area (Å²) in [4.78, 5) is 40.4. The molecule has 0 fully saturated rings. The number of carbonyl (C=O) groups excluding carboxylic acids is 3. The third-order valence-corrected chi connectivity index (χ3v) is 5.18. The molecule has 1 aromatic heterocycles. The smallest absolute Gasteiger partial charge is 0.338 e. The largest absolute Gasteiger partial charge is 0.454 e. The molecule has 3 aromatic rings. The second-order valence-electron chi connectivity index (χ2n) is 6.05. The minimum Gasteiger partial charge on any atom is -0.454 e. The fraction of sp³-hybridized carbons (Fsp3) is 0.158. The van der Waals surface area contributed by atoms with Gasteiger partial charge in [0, 0.05) is 11.3 Å². The first-order valence-electron chi connectivity index (χ1n) is 8.01. The molecule has 1 aliphatic heterocycles. The highest BCUT2D eigenvalue weighted by molar-refractivity contribution is 7.16. The average molecular weight is 366 g/mol. The van der Waals surface area contributed by atoms with Crippen molar-refractivity contribution in [3.8, 4) is 0 Å². The maximum atomic E-state index is 12.3. The van der Waals surface area contributed by atoms with Crippen molar-refractivity contribution in [3.05, 3.63) is 58.6 Å². The van der Waals surface area contributed by atoms with Crippen molar-refractivity contribution in [1.29, 1.82) is 0 Å². The minimum absolute atomic E-state index is 0.0884. The number of fused-ring (bicyclic) bond motifs is 2. The molecule has 2 aromatic carbocycles. The lowest BCUT2D eigenvalue weighted by atomic mass is 9.99. The Morgan fingerprint density at radius 1 is 1.19 bits per heavy atom. The van der Waals surface area contributed by atoms with Gasteiger partial charge in [-0.05, 0) is 48.9 Å². The van der Waals surface area contributed by atoms with Crippen molar-refractivity contribution in [3.63, 3.8) is 0 Å². The molecule has 0 saturated carbocycles. The lowest BCUT2D eigenvalue weighted by molar-refractivity contribution is -0.116. The van der Waals surface area contributed by atoms with Crippen LogP contribution in [0, 0.1) is 0 Å². The van der Waals surface area contributed by atoms with E-state index in [2.05, 4.69) is 10.3 Å². The molecular formula is C19H14N2O4S. The lowest BCUT2D eigenvalue weighted by Gasteiger charge is -2.07. The van der Waals surface area contributed by atoms with Gasteiger partial charge in [0.2, 0.25) is 5.91 Å². The zero-order chi connectivity index (χ0) is 18.3. The second-order valence-corrected chi connectivity index (χ2v) is 6.93. The molecule has 4 rings (SSSR count). The van der Waals surface area contributed by atoms with Crippen molar-refractivity contribution < 1.29 is 19.1 Å². The molecule has 0 aliphatic carbocycles. The lowest BCUT2D eigenvalue weighted by Crippen LogP contribution is -2.14. The number of ether oxygens (including phenoxy) is 1. The van der Waals surface area contributed by atoms with Crippen LogP contribution in [-0.4, -0.2) is 29.3 Å². The molecule has 1 atom stereocenters. The summed E-state index contributed by atoms with van der Waals surface area (Å²) >= 11 is 1.43. The molecule has 0 bridgehead atoms. The monoisotopic (exact) mass is 366 g/mol. The van der Waals surface area contributed by atoms with Crippen LogP contribution in [0.3, 0.4) is 0 Å². The summed E-state index contributed by atoms with van der Waals surface area (Å²) in [6, 6.07) is 10.1. The number of carbonyl (C=O) groups is 3. The minimum atomic E-state index is -0.556. The van der Waals surface area contributed by atoms with Crippen molar-refractivity contribution in [1.82, 2.24) is 4.98 Å². The van der Waals surface area contributed by atoms with Crippen molar-refractivity contribution in [2.45, 2.75) is 12.8 Å². The highest BCUT2D eigenvalue weighted by atomic mass is 32.1. The van der Waals surface area contributed by atoms with Crippen LogP contribution in [-0.2, 0) is 9.53 Å². The first-order chi connectivity index (χ1) is 12.5. The molecule has 7 heteroatoms. The number of nitrogens with one attached hydrogen (secondary N) is 1. The summed E-state index contributed by atoms with van der Waals surface area (Å²) in [6.07, 6.45) is 0. The third kappa shape index (κ3) is 2.86. The molecule has 26 heavy (non-hydrogen) atoms. The number of rotatable bonds is 4. The number of anilines is 1. The first kappa shape index (κ1) is 16.4. The van der Waals surface area contributed by atoms with E-state index in [0.717, 1.165) is 15.8 Å². The van der Waals surface area contributed by atoms with E-state index >= 15 is 0 Å². The van der Waals surface area contributed by atoms with Gasteiger partial charge in [0.05, 0.1) is 27.2 Å². The topological polar surface area (TPSA) is 85.4 Å². The molecular weight excluding hydrogens is 352 g/mol. The Morgan fingerprint density at radius 2 is 2.00 bits per heavy atom. The highest BCUT2D eigenvalue weighted by Gasteiger charge is 2.27. The Morgan fingerprint density at radius 3 is 2.85 bits per heavy atom. The number of amides is 1. The number of ketones is 1. The fourth-order valence-corrected chi connectivity index (χ4v) is 3.59. The molecule has 1 aliphatic rings. The summed E-state index contributed by atoms with van der Waals surface area (Å²) in [5.41, 5.74) is 4.82. The number of Topliss-reactive ketones (excluding diaryl/α,β-unsaturated/α-hetero) is 1. The molecule has 0 unspecified atom stereocenters. The normalized spacial score (nSPS) is 15.6. The number of hydrogen-bond acceptors (Lipinski definition) is 6. The quantitative estimate of drug-likeness (QED) is 0.565. The van der Waals surface area contributed by atoms with E-state index in [4.69, 9.17) is 4.74 Å². The summed E-state index contributed by atoms with van der Waals surface area (Å²) in [5, 5.41) is 2.76. The second kappa shape index (κ2) is 6.34. The molecule has 130 valence electrons. The molecule has 6 nitrogen and oxygen atoms in total. The summed E-state index contributed by atoms with van der Waals surface area (Å²) in [6.45, 7) is 1.43. The standard InChI is InChI=1S/C19H14N2O4S/c1-10-13-6-11(2-4-14(13)21-18(10)23)16(22)8-25-19(24)12-3-5-15-17(7-12)26-9-20-15/h2-7,9-10H,8H2,1H3,(H,21,23)/t10-/m1/s1. The Kier molecular flexibility index (Phi) is 4.00. The number of hydrogen-bond donors (Lipinski definition) is 1. The van der Waals surface area contributed by atoms with Gasteiger partial charge in [-0.25, -0.2) is 9.78 Å². The Labute approximate surface area is 152 Å². The van der Waals surface area contributed by atoms with E-state index < -0.39 is 5.97 Å². The Balaban J connectivity index is 1.45. The number of thiazole rings is 1. The summed E-state index contributed by atoms with van der Waals surface area (Å²) in [7, 11) is 0. The zero-order valence-corrected chi connectivity index (χ0v) is 14.6. The van der Waals surface area contributed by atoms with Gasteiger partial charge >= 0.3 is 5.97 Å². The van der Waals surface area contributed by atoms with Crippen molar-refractivity contribution in [2.75, 3.05) is 11.9 Å². The first-order valence-corrected chi connectivity index (χ1v) is 8.89. The van der Waals surface area contributed by atoms with Crippen LogP contribution in [0.2, 0.25) is 0 Å². The third-order valence-electron chi connectivity index (χ3n) is 4.39. The van der Waals surface area contributed by atoms with Crippen LogP contribution in [0.4, 0.5) is 5.69 Å². The zero-order valence-electron chi connectivity index (χ0n) is 13.8. The van der Waals surface area contributed by atoms with Crippen LogP contribution in [0.5, 0.6) is 0 Å². The maximum absolute atomic E-state index is 12.3. The van der Waals surface area contributed by atoms with Crippen molar-refractivity contribution in [2.24, 2.45) is 0 Å². The van der Waals surface area contributed by atoms with E-state index in [9.17, 15) is 14.4 Å². The number of esters is 1. The number of aromatic nitrogens is 1. The number of nitrogens with zero attached hydrogens (tertiary/aromatic N) is 1. The van der Waals surface area contributed by atoms with Crippen LogP contribution in [0.25, 0.3) is 10.2 Å². The van der Waals surface area contributed by atoms with E-state index in [0.29, 0.717) is 16.8 Å². The summed E-state index contributed by atoms with van der Waals surface area (Å²) in [5.74, 6) is -1.26. The molecule has 0 spiro atoms.